The molecule has 0 radical (unpaired) electrons. The van der Waals surface area contributed by atoms with Gasteiger partial charge in [-0.25, -0.2) is 0 Å². The van der Waals surface area contributed by atoms with E-state index in [2.05, 4.69) is 26.1 Å². The van der Waals surface area contributed by atoms with E-state index in [0.717, 1.165) is 31.3 Å². The van der Waals surface area contributed by atoms with Gasteiger partial charge in [-0.15, -0.1) is 0 Å². The van der Waals surface area contributed by atoms with Crippen molar-refractivity contribution in [3.05, 3.63) is 0 Å². The van der Waals surface area contributed by atoms with Crippen molar-refractivity contribution in [2.75, 3.05) is 26.3 Å². The standard InChI is InChI=1S/C13H29NO2/c1-6-15-13(16-7-2)8-9-14-10-12(5)11(3)4/h11-14H,6-10H2,1-5H3. The molecule has 0 spiro atoms. The van der Waals surface area contributed by atoms with E-state index in [4.69, 9.17) is 9.47 Å². The largest absolute Gasteiger partial charge is 0.353 e. The zero-order chi connectivity index (χ0) is 12.4. The lowest BCUT2D eigenvalue weighted by atomic mass is 9.98. The molecule has 0 saturated heterocycles. The summed E-state index contributed by atoms with van der Waals surface area (Å²) in [5.74, 6) is 1.46. The molecule has 0 aliphatic rings. The zero-order valence-corrected chi connectivity index (χ0v) is 11.6. The Hall–Kier alpha value is -0.120. The van der Waals surface area contributed by atoms with Crippen LogP contribution in [0, 0.1) is 11.8 Å². The first-order valence-corrected chi connectivity index (χ1v) is 6.55. The molecule has 0 bridgehead atoms. The van der Waals surface area contributed by atoms with Gasteiger partial charge in [0.1, 0.15) is 0 Å². The third-order valence-corrected chi connectivity index (χ3v) is 2.87. The van der Waals surface area contributed by atoms with E-state index in [1.165, 1.54) is 0 Å². The first kappa shape index (κ1) is 15.9. The van der Waals surface area contributed by atoms with E-state index < -0.39 is 0 Å². The van der Waals surface area contributed by atoms with Crippen LogP contribution in [0.2, 0.25) is 0 Å². The van der Waals surface area contributed by atoms with E-state index in [9.17, 15) is 0 Å². The van der Waals surface area contributed by atoms with Gasteiger partial charge in [-0.2, -0.15) is 0 Å². The van der Waals surface area contributed by atoms with Crippen LogP contribution in [-0.4, -0.2) is 32.6 Å². The fourth-order valence-corrected chi connectivity index (χ4v) is 1.37. The van der Waals surface area contributed by atoms with Gasteiger partial charge >= 0.3 is 0 Å². The molecular formula is C13H29NO2. The van der Waals surface area contributed by atoms with E-state index >= 15 is 0 Å². The second kappa shape index (κ2) is 10.1. The van der Waals surface area contributed by atoms with Crippen molar-refractivity contribution >= 4 is 0 Å². The van der Waals surface area contributed by atoms with Crippen molar-refractivity contribution in [2.45, 2.75) is 47.3 Å². The molecule has 16 heavy (non-hydrogen) atoms. The lowest BCUT2D eigenvalue weighted by molar-refractivity contribution is -0.138. The highest BCUT2D eigenvalue weighted by Gasteiger charge is 2.09. The van der Waals surface area contributed by atoms with Crippen LogP contribution in [0.25, 0.3) is 0 Å². The van der Waals surface area contributed by atoms with Crippen LogP contribution in [0.3, 0.4) is 0 Å². The number of hydrogen-bond donors (Lipinski definition) is 1. The summed E-state index contributed by atoms with van der Waals surface area (Å²) in [5.41, 5.74) is 0. The van der Waals surface area contributed by atoms with Crippen molar-refractivity contribution in [3.8, 4) is 0 Å². The fourth-order valence-electron chi connectivity index (χ4n) is 1.37. The normalized spacial score (nSPS) is 13.7. The molecule has 0 saturated carbocycles. The van der Waals surface area contributed by atoms with Crippen LogP contribution in [-0.2, 0) is 9.47 Å². The molecule has 1 unspecified atom stereocenters. The van der Waals surface area contributed by atoms with Gasteiger partial charge in [0.15, 0.2) is 6.29 Å². The summed E-state index contributed by atoms with van der Waals surface area (Å²) in [6, 6.07) is 0. The van der Waals surface area contributed by atoms with Crippen molar-refractivity contribution in [1.82, 2.24) is 5.32 Å². The number of nitrogens with one attached hydrogen (secondary N) is 1. The monoisotopic (exact) mass is 231 g/mol. The Bertz CT molecular complexity index is 145. The summed E-state index contributed by atoms with van der Waals surface area (Å²) >= 11 is 0. The van der Waals surface area contributed by atoms with Crippen LogP contribution in [0.15, 0.2) is 0 Å². The Labute approximate surface area is 101 Å². The van der Waals surface area contributed by atoms with Gasteiger partial charge in [0.2, 0.25) is 0 Å². The maximum atomic E-state index is 5.47. The predicted octanol–water partition coefficient (Wildman–Crippen LogP) is 2.66. The van der Waals surface area contributed by atoms with Gasteiger partial charge in [-0.3, -0.25) is 0 Å². The smallest absolute Gasteiger partial charge is 0.158 e. The van der Waals surface area contributed by atoms with Crippen LogP contribution in [0.1, 0.15) is 41.0 Å². The SMILES string of the molecule is CCOC(CCNCC(C)C(C)C)OCC. The first-order chi connectivity index (χ1) is 7.61. The maximum absolute atomic E-state index is 5.47. The van der Waals surface area contributed by atoms with Crippen LogP contribution in [0.5, 0.6) is 0 Å². The quantitative estimate of drug-likeness (QED) is 0.463. The van der Waals surface area contributed by atoms with E-state index in [0.29, 0.717) is 13.2 Å². The Morgan fingerprint density at radius 3 is 2.00 bits per heavy atom. The molecule has 0 rings (SSSR count). The van der Waals surface area contributed by atoms with Crippen LogP contribution in [0.4, 0.5) is 0 Å². The number of rotatable bonds is 10. The fraction of sp³-hybridized carbons (Fsp3) is 1.00. The van der Waals surface area contributed by atoms with Crippen LogP contribution < -0.4 is 5.32 Å². The Kier molecular flexibility index (Phi) is 9.99. The van der Waals surface area contributed by atoms with Crippen molar-refractivity contribution < 1.29 is 9.47 Å². The van der Waals surface area contributed by atoms with Gasteiger partial charge in [0, 0.05) is 19.6 Å². The minimum absolute atomic E-state index is 0.0446. The summed E-state index contributed by atoms with van der Waals surface area (Å²) in [6.45, 7) is 14.3. The average Bonchev–Trinajstić information content (AvgIpc) is 2.24. The molecule has 0 fully saturated rings. The Morgan fingerprint density at radius 2 is 1.56 bits per heavy atom. The highest BCUT2D eigenvalue weighted by Crippen LogP contribution is 2.07. The molecular weight excluding hydrogens is 202 g/mol. The minimum Gasteiger partial charge on any atom is -0.353 e. The molecule has 0 aliphatic heterocycles. The second-order valence-corrected chi connectivity index (χ2v) is 4.55. The highest BCUT2D eigenvalue weighted by atomic mass is 16.7. The topological polar surface area (TPSA) is 30.5 Å². The molecule has 0 aromatic carbocycles. The summed E-state index contributed by atoms with van der Waals surface area (Å²) < 4.78 is 10.9. The predicted molar refractivity (Wildman–Crippen MR) is 68.5 cm³/mol. The third kappa shape index (κ3) is 8.08. The molecule has 0 aromatic rings. The maximum Gasteiger partial charge on any atom is 0.158 e. The summed E-state index contributed by atoms with van der Waals surface area (Å²) in [5, 5.41) is 3.45. The molecule has 98 valence electrons. The van der Waals surface area contributed by atoms with E-state index in [1.807, 2.05) is 13.8 Å². The minimum atomic E-state index is -0.0446. The molecule has 0 aromatic heterocycles. The summed E-state index contributed by atoms with van der Waals surface area (Å²) in [6.07, 6.45) is 0.879. The van der Waals surface area contributed by atoms with Gasteiger partial charge in [0.05, 0.1) is 0 Å². The van der Waals surface area contributed by atoms with Gasteiger partial charge < -0.3 is 14.8 Å². The van der Waals surface area contributed by atoms with E-state index in [-0.39, 0.29) is 6.29 Å². The molecule has 0 heterocycles. The summed E-state index contributed by atoms with van der Waals surface area (Å²) in [7, 11) is 0. The molecule has 1 N–H and O–H groups in total. The lowest BCUT2D eigenvalue weighted by Crippen LogP contribution is -2.29. The lowest BCUT2D eigenvalue weighted by Gasteiger charge is -2.19. The van der Waals surface area contributed by atoms with Crippen LogP contribution >= 0.6 is 0 Å². The van der Waals surface area contributed by atoms with Gasteiger partial charge in [-0.05, 0) is 38.8 Å². The second-order valence-electron chi connectivity index (χ2n) is 4.55. The molecule has 0 amide bonds. The molecule has 3 heteroatoms. The van der Waals surface area contributed by atoms with Crippen molar-refractivity contribution in [2.24, 2.45) is 11.8 Å². The molecule has 0 aliphatic carbocycles. The number of hydrogen-bond acceptors (Lipinski definition) is 3. The molecule has 3 nitrogen and oxygen atoms in total. The van der Waals surface area contributed by atoms with Gasteiger partial charge in [-0.1, -0.05) is 20.8 Å². The Balaban J connectivity index is 3.53. The average molecular weight is 231 g/mol. The first-order valence-electron chi connectivity index (χ1n) is 6.55. The highest BCUT2D eigenvalue weighted by molar-refractivity contribution is 4.61. The number of ether oxygens (including phenoxy) is 2. The van der Waals surface area contributed by atoms with E-state index in [1.54, 1.807) is 0 Å². The van der Waals surface area contributed by atoms with Crippen molar-refractivity contribution in [3.63, 3.8) is 0 Å². The molecule has 1 atom stereocenters. The van der Waals surface area contributed by atoms with Crippen molar-refractivity contribution in [1.29, 1.82) is 0 Å². The third-order valence-electron chi connectivity index (χ3n) is 2.87. The zero-order valence-electron chi connectivity index (χ0n) is 11.6. The summed E-state index contributed by atoms with van der Waals surface area (Å²) in [4.78, 5) is 0. The van der Waals surface area contributed by atoms with Gasteiger partial charge in [0.25, 0.3) is 0 Å². The Morgan fingerprint density at radius 1 is 1.00 bits per heavy atom.